The average Bonchev–Trinajstić information content (AvgIpc) is 3.40. The molecule has 36 heavy (non-hydrogen) atoms. The number of amides is 1. The summed E-state index contributed by atoms with van der Waals surface area (Å²) in [5, 5.41) is 14.9. The zero-order valence-corrected chi connectivity index (χ0v) is 21.0. The number of ether oxygens (including phenoxy) is 1. The van der Waals surface area contributed by atoms with Gasteiger partial charge in [-0.1, -0.05) is 41.9 Å². The van der Waals surface area contributed by atoms with Crippen LogP contribution in [0.5, 0.6) is 0 Å². The van der Waals surface area contributed by atoms with E-state index in [1.54, 1.807) is 23.6 Å². The van der Waals surface area contributed by atoms with Crippen LogP contribution in [-0.4, -0.2) is 42.7 Å². The van der Waals surface area contributed by atoms with E-state index in [1.165, 1.54) is 22.5 Å². The molecule has 1 aromatic heterocycles. The normalized spacial score (nSPS) is 15.6. The second-order valence-corrected chi connectivity index (χ2v) is 11.3. The second-order valence-electron chi connectivity index (χ2n) is 7.85. The van der Waals surface area contributed by atoms with Crippen LogP contribution in [-0.2, 0) is 30.8 Å². The maximum absolute atomic E-state index is 13.3. The molecule has 2 heterocycles. The smallest absolute Gasteiger partial charge is 0.308 e. The van der Waals surface area contributed by atoms with E-state index in [4.69, 9.17) is 16.3 Å². The van der Waals surface area contributed by atoms with Gasteiger partial charge in [0.2, 0.25) is 0 Å². The molecule has 0 bridgehead atoms. The minimum atomic E-state index is -3.84. The van der Waals surface area contributed by atoms with Gasteiger partial charge < -0.3 is 10.1 Å². The minimum absolute atomic E-state index is 0.0443. The molecule has 1 aliphatic heterocycles. The van der Waals surface area contributed by atoms with Crippen LogP contribution in [0.4, 0.5) is 11.4 Å². The number of thiophene rings is 1. The third kappa shape index (κ3) is 5.57. The van der Waals surface area contributed by atoms with Crippen LogP contribution in [0.2, 0.25) is 5.02 Å². The van der Waals surface area contributed by atoms with Gasteiger partial charge in [0, 0.05) is 18.7 Å². The molecule has 1 unspecified atom stereocenters. The van der Waals surface area contributed by atoms with Gasteiger partial charge in [-0.25, -0.2) is 8.42 Å². The van der Waals surface area contributed by atoms with E-state index in [1.807, 2.05) is 12.1 Å². The molecule has 0 spiro atoms. The Morgan fingerprint density at radius 2 is 1.97 bits per heavy atom. The highest BCUT2D eigenvalue weighted by Gasteiger charge is 2.38. The molecule has 1 atom stereocenters. The van der Waals surface area contributed by atoms with Crippen LogP contribution >= 0.6 is 22.9 Å². The lowest BCUT2D eigenvalue weighted by atomic mass is 9.92. The number of sulfonamides is 1. The number of anilines is 1. The van der Waals surface area contributed by atoms with Gasteiger partial charge in [0.1, 0.15) is 4.21 Å². The average molecular weight is 550 g/mol. The highest BCUT2D eigenvalue weighted by atomic mass is 35.5. The fourth-order valence-electron chi connectivity index (χ4n) is 3.92. The molecule has 10 nitrogen and oxygen atoms in total. The van der Waals surface area contributed by atoms with Crippen LogP contribution < -0.4 is 5.32 Å². The maximum atomic E-state index is 13.3. The molecular weight excluding hydrogens is 530 g/mol. The Labute approximate surface area is 215 Å². The van der Waals surface area contributed by atoms with Crippen molar-refractivity contribution in [1.82, 2.24) is 4.31 Å². The number of esters is 1. The van der Waals surface area contributed by atoms with Gasteiger partial charge in [-0.2, -0.15) is 4.31 Å². The van der Waals surface area contributed by atoms with E-state index in [0.29, 0.717) is 12.0 Å². The van der Waals surface area contributed by atoms with Crippen LogP contribution in [0.15, 0.2) is 64.2 Å². The first-order valence-corrected chi connectivity index (χ1v) is 13.4. The summed E-state index contributed by atoms with van der Waals surface area (Å²) >= 11 is 7.07. The summed E-state index contributed by atoms with van der Waals surface area (Å²) in [6.07, 6.45) is 0.220. The summed E-state index contributed by atoms with van der Waals surface area (Å²) in [6.45, 7) is -0.438. The van der Waals surface area contributed by atoms with E-state index in [2.05, 4.69) is 5.32 Å². The van der Waals surface area contributed by atoms with Gasteiger partial charge in [-0.05, 0) is 35.1 Å². The van der Waals surface area contributed by atoms with E-state index in [0.717, 1.165) is 23.0 Å². The monoisotopic (exact) mass is 549 g/mol. The minimum Gasteiger partial charge on any atom is -0.456 e. The fraction of sp³-hybridized carbons (Fsp3) is 0.217. The molecule has 0 saturated heterocycles. The first-order chi connectivity index (χ1) is 17.2. The Hall–Kier alpha value is -3.32. The number of benzene rings is 2. The molecule has 0 radical (unpaired) electrons. The van der Waals surface area contributed by atoms with Gasteiger partial charge >= 0.3 is 5.97 Å². The number of hydrogen-bond donors (Lipinski definition) is 1. The van der Waals surface area contributed by atoms with Crippen LogP contribution in [0.25, 0.3) is 0 Å². The molecule has 0 saturated carbocycles. The van der Waals surface area contributed by atoms with Gasteiger partial charge in [0.05, 0.1) is 28.1 Å². The van der Waals surface area contributed by atoms with Crippen molar-refractivity contribution < 1.29 is 27.7 Å². The Morgan fingerprint density at radius 3 is 2.67 bits per heavy atom. The molecule has 2 aromatic carbocycles. The Bertz CT molecular complexity index is 1410. The van der Waals surface area contributed by atoms with Crippen LogP contribution in [0, 0.1) is 10.1 Å². The van der Waals surface area contributed by atoms with Crippen molar-refractivity contribution in [3.05, 3.63) is 86.2 Å². The van der Waals surface area contributed by atoms with Gasteiger partial charge in [0.15, 0.2) is 6.61 Å². The topological polar surface area (TPSA) is 136 Å². The number of fused-ring (bicyclic) bond motifs is 1. The zero-order chi connectivity index (χ0) is 25.9. The summed E-state index contributed by atoms with van der Waals surface area (Å²) in [4.78, 5) is 35.2. The van der Waals surface area contributed by atoms with E-state index in [9.17, 15) is 28.1 Å². The molecule has 1 amide bonds. The molecule has 4 rings (SSSR count). The summed E-state index contributed by atoms with van der Waals surface area (Å²) in [6, 6.07) is 13.2. The molecule has 1 N–H and O–H groups in total. The summed E-state index contributed by atoms with van der Waals surface area (Å²) in [5.41, 5.74) is 1.54. The van der Waals surface area contributed by atoms with Crippen LogP contribution in [0.1, 0.15) is 23.6 Å². The number of halogens is 1. The summed E-state index contributed by atoms with van der Waals surface area (Å²) in [5.74, 6) is -1.46. The largest absolute Gasteiger partial charge is 0.456 e. The number of hydrogen-bond acceptors (Lipinski definition) is 8. The number of carbonyl (C=O) groups is 2. The Kier molecular flexibility index (Phi) is 7.69. The van der Waals surface area contributed by atoms with Crippen molar-refractivity contribution in [2.45, 2.75) is 23.1 Å². The zero-order valence-electron chi connectivity index (χ0n) is 18.6. The lowest BCUT2D eigenvalue weighted by Crippen LogP contribution is -2.41. The number of carbonyl (C=O) groups excluding carboxylic acids is 2. The third-order valence-corrected chi connectivity index (χ3v) is 9.18. The van der Waals surface area contributed by atoms with Crippen molar-refractivity contribution in [2.24, 2.45) is 0 Å². The Morgan fingerprint density at radius 1 is 1.19 bits per heavy atom. The number of nitrogens with one attached hydrogen (secondary N) is 1. The highest BCUT2D eigenvalue weighted by molar-refractivity contribution is 7.91. The predicted molar refractivity (Wildman–Crippen MR) is 133 cm³/mol. The first-order valence-electron chi connectivity index (χ1n) is 10.7. The lowest BCUT2D eigenvalue weighted by molar-refractivity contribution is -0.384. The molecular formula is C23H20ClN3O7S2. The van der Waals surface area contributed by atoms with Crippen molar-refractivity contribution in [3.8, 4) is 0 Å². The number of rotatable bonds is 8. The van der Waals surface area contributed by atoms with E-state index in [-0.39, 0.29) is 33.6 Å². The SMILES string of the molecule is O=C(COC(=O)CC1c2ccccc2CCN1S(=O)(=O)c1cccs1)Nc1ccc([N+](=O)[O-])cc1Cl. The van der Waals surface area contributed by atoms with Gasteiger partial charge in [-0.3, -0.25) is 19.7 Å². The second kappa shape index (κ2) is 10.7. The van der Waals surface area contributed by atoms with Crippen molar-refractivity contribution in [2.75, 3.05) is 18.5 Å². The lowest BCUT2D eigenvalue weighted by Gasteiger charge is -2.35. The number of nitrogens with zero attached hydrogens (tertiary/aromatic N) is 2. The highest BCUT2D eigenvalue weighted by Crippen LogP contribution is 2.37. The predicted octanol–water partition coefficient (Wildman–Crippen LogP) is 4.17. The van der Waals surface area contributed by atoms with Gasteiger partial charge in [-0.15, -0.1) is 11.3 Å². The standard InChI is InChI=1S/C23H20ClN3O7S2/c24-18-12-16(27(30)31)7-8-19(18)25-21(28)14-34-22(29)13-20-17-5-2-1-4-15(17)9-10-26(20)36(32,33)23-6-3-11-35-23/h1-8,11-12,20H,9-10,13-14H2,(H,25,28). The number of non-ortho nitro benzene ring substituents is 1. The van der Waals surface area contributed by atoms with Crippen molar-refractivity contribution in [1.29, 1.82) is 0 Å². The summed E-state index contributed by atoms with van der Waals surface area (Å²) in [7, 11) is -3.84. The number of nitro benzene ring substituents is 1. The molecule has 0 aliphatic carbocycles. The molecule has 3 aromatic rings. The van der Waals surface area contributed by atoms with E-state index < -0.39 is 39.5 Å². The third-order valence-electron chi connectivity index (χ3n) is 5.58. The van der Waals surface area contributed by atoms with Crippen molar-refractivity contribution in [3.63, 3.8) is 0 Å². The van der Waals surface area contributed by atoms with Crippen LogP contribution in [0.3, 0.4) is 0 Å². The quantitative estimate of drug-likeness (QED) is 0.253. The molecule has 13 heteroatoms. The first kappa shape index (κ1) is 25.8. The van der Waals surface area contributed by atoms with E-state index >= 15 is 0 Å². The molecule has 188 valence electrons. The summed E-state index contributed by atoms with van der Waals surface area (Å²) < 4.78 is 33.2. The Balaban J connectivity index is 1.45. The molecule has 1 aliphatic rings. The maximum Gasteiger partial charge on any atom is 0.308 e. The fourth-order valence-corrected chi connectivity index (χ4v) is 6.87. The number of nitro groups is 1. The molecule has 0 fully saturated rings. The van der Waals surface area contributed by atoms with Crippen molar-refractivity contribution >= 4 is 56.2 Å². The van der Waals surface area contributed by atoms with Gasteiger partial charge in [0.25, 0.3) is 21.6 Å².